The fraction of sp³-hybridized carbons (Fsp3) is 0.0909. The molecule has 0 unspecified atom stereocenters. The molecule has 7 nitrogen and oxygen atoms in total. The van der Waals surface area contributed by atoms with Gasteiger partial charge < -0.3 is 10.1 Å². The molecule has 8 heteroatoms. The molecule has 0 saturated heterocycles. The van der Waals surface area contributed by atoms with E-state index in [0.29, 0.717) is 11.5 Å². The van der Waals surface area contributed by atoms with Gasteiger partial charge in [-0.05, 0) is 50.6 Å². The number of ether oxygens (including phenoxy) is 1. The molecule has 0 atom stereocenters. The zero-order valence-corrected chi connectivity index (χ0v) is 11.5. The minimum absolute atomic E-state index is 0.596. The van der Waals surface area contributed by atoms with Crippen LogP contribution in [0.15, 0.2) is 34.8 Å². The number of rotatable bonds is 3. The van der Waals surface area contributed by atoms with Crippen LogP contribution in [-0.2, 0) is 0 Å². The maximum atomic E-state index is 5.24. The number of fused-ring (bicyclic) bond motifs is 1. The number of benzene rings is 1. The van der Waals surface area contributed by atoms with Crippen molar-refractivity contribution in [3.8, 4) is 5.75 Å². The lowest BCUT2D eigenvalue weighted by Gasteiger charge is -2.08. The average molecular weight is 321 g/mol. The Morgan fingerprint density at radius 1 is 1.26 bits per heavy atom. The Hall–Kier alpha value is -2.22. The second-order valence-electron chi connectivity index (χ2n) is 3.72. The van der Waals surface area contributed by atoms with Crippen LogP contribution in [0.2, 0.25) is 0 Å². The molecule has 0 amide bonds. The summed E-state index contributed by atoms with van der Waals surface area (Å²) in [5.74, 6) is 1.39. The first-order valence-corrected chi connectivity index (χ1v) is 6.21. The molecular weight excluding hydrogens is 312 g/mol. The summed E-state index contributed by atoms with van der Waals surface area (Å²) < 4.78 is 7.49. The van der Waals surface area contributed by atoms with Crippen LogP contribution in [-0.4, -0.2) is 32.4 Å². The molecule has 3 rings (SSSR count). The Morgan fingerprint density at radius 3 is 3.00 bits per heavy atom. The predicted molar refractivity (Wildman–Crippen MR) is 72.6 cm³/mol. The van der Waals surface area contributed by atoms with Crippen molar-refractivity contribution < 1.29 is 4.74 Å². The first kappa shape index (κ1) is 11.8. The normalized spacial score (nSPS) is 10.6. The zero-order valence-electron chi connectivity index (χ0n) is 9.91. The Labute approximate surface area is 116 Å². The minimum Gasteiger partial charge on any atom is -0.495 e. The van der Waals surface area contributed by atoms with Crippen LogP contribution in [0.4, 0.5) is 11.5 Å². The molecular formula is C11H9BrN6O. The number of nitrogens with one attached hydrogen (secondary N) is 1. The smallest absolute Gasteiger partial charge is 0.200 e. The van der Waals surface area contributed by atoms with Gasteiger partial charge in [-0.1, -0.05) is 0 Å². The fourth-order valence-electron chi connectivity index (χ4n) is 1.60. The molecule has 0 fully saturated rings. The average Bonchev–Trinajstić information content (AvgIpc) is 2.88. The van der Waals surface area contributed by atoms with Gasteiger partial charge in [0.25, 0.3) is 0 Å². The van der Waals surface area contributed by atoms with Gasteiger partial charge in [0.15, 0.2) is 11.5 Å². The molecule has 0 aliphatic carbocycles. The van der Waals surface area contributed by atoms with Crippen molar-refractivity contribution in [3.63, 3.8) is 0 Å². The summed E-state index contributed by atoms with van der Waals surface area (Å²) in [4.78, 5) is 0. The van der Waals surface area contributed by atoms with Gasteiger partial charge in [0.05, 0.1) is 11.6 Å². The van der Waals surface area contributed by atoms with Crippen LogP contribution in [0.3, 0.4) is 0 Å². The lowest BCUT2D eigenvalue weighted by molar-refractivity contribution is 0.412. The first-order chi connectivity index (χ1) is 9.26. The van der Waals surface area contributed by atoms with Crippen molar-refractivity contribution in [2.75, 3.05) is 12.4 Å². The van der Waals surface area contributed by atoms with Crippen LogP contribution in [0.1, 0.15) is 0 Å². The summed E-state index contributed by atoms with van der Waals surface area (Å²) >= 11 is 3.40. The van der Waals surface area contributed by atoms with Crippen LogP contribution in [0, 0.1) is 0 Å². The van der Waals surface area contributed by atoms with Gasteiger partial charge in [-0.3, -0.25) is 0 Å². The third-order valence-electron chi connectivity index (χ3n) is 2.49. The highest BCUT2D eigenvalue weighted by molar-refractivity contribution is 9.10. The van der Waals surface area contributed by atoms with E-state index in [-0.39, 0.29) is 0 Å². The number of aromatic nitrogens is 5. The Balaban J connectivity index is 1.91. The molecule has 2 heterocycles. The highest BCUT2D eigenvalue weighted by atomic mass is 79.9. The minimum atomic E-state index is 0.596. The Kier molecular flexibility index (Phi) is 3.00. The molecule has 0 radical (unpaired) electrons. The van der Waals surface area contributed by atoms with Gasteiger partial charge in [-0.15, -0.1) is 14.8 Å². The zero-order chi connectivity index (χ0) is 13.2. The van der Waals surface area contributed by atoms with Gasteiger partial charge in [-0.2, -0.15) is 0 Å². The van der Waals surface area contributed by atoms with E-state index in [1.165, 1.54) is 4.63 Å². The van der Waals surface area contributed by atoms with Gasteiger partial charge in [0, 0.05) is 11.8 Å². The summed E-state index contributed by atoms with van der Waals surface area (Å²) in [6, 6.07) is 9.27. The molecule has 0 bridgehead atoms. The third-order valence-corrected chi connectivity index (χ3v) is 3.15. The predicted octanol–water partition coefficient (Wildman–Crippen LogP) is 2.03. The molecule has 1 N–H and O–H groups in total. The van der Waals surface area contributed by atoms with E-state index < -0.39 is 0 Å². The first-order valence-electron chi connectivity index (χ1n) is 5.42. The van der Waals surface area contributed by atoms with Gasteiger partial charge in [-0.25, -0.2) is 0 Å². The standard InChI is InChI=1S/C11H9BrN6O/c1-19-9-6-7(2-3-8(9)12)13-10-4-5-11-14-16-17-18(11)15-10/h2-6H,1H3,(H,13,15). The molecule has 96 valence electrons. The number of nitrogens with zero attached hydrogens (tertiary/aromatic N) is 5. The van der Waals surface area contributed by atoms with Crippen LogP contribution in [0.25, 0.3) is 5.65 Å². The van der Waals surface area contributed by atoms with E-state index in [9.17, 15) is 0 Å². The van der Waals surface area contributed by atoms with Crippen LogP contribution >= 0.6 is 15.9 Å². The van der Waals surface area contributed by atoms with Crippen molar-refractivity contribution in [1.29, 1.82) is 0 Å². The van der Waals surface area contributed by atoms with Crippen LogP contribution in [0.5, 0.6) is 5.75 Å². The molecule has 1 aromatic carbocycles. The molecule has 0 saturated carbocycles. The second-order valence-corrected chi connectivity index (χ2v) is 4.57. The van der Waals surface area contributed by atoms with Gasteiger partial charge in [0.2, 0.25) is 0 Å². The van der Waals surface area contributed by atoms with Crippen molar-refractivity contribution in [1.82, 2.24) is 25.3 Å². The molecule has 0 aliphatic heterocycles. The maximum absolute atomic E-state index is 5.24. The lowest BCUT2D eigenvalue weighted by atomic mass is 10.3. The highest BCUT2D eigenvalue weighted by Gasteiger charge is 2.04. The summed E-state index contributed by atoms with van der Waals surface area (Å²) in [5, 5.41) is 18.5. The number of anilines is 2. The lowest BCUT2D eigenvalue weighted by Crippen LogP contribution is -2.00. The van der Waals surface area contributed by atoms with Crippen LogP contribution < -0.4 is 10.1 Å². The summed E-state index contributed by atoms with van der Waals surface area (Å²) in [5.41, 5.74) is 1.46. The Morgan fingerprint density at radius 2 is 2.16 bits per heavy atom. The second kappa shape index (κ2) is 4.81. The summed E-state index contributed by atoms with van der Waals surface area (Å²) in [6.07, 6.45) is 0. The number of halogens is 1. The fourth-order valence-corrected chi connectivity index (χ4v) is 2.01. The summed E-state index contributed by atoms with van der Waals surface area (Å²) in [7, 11) is 1.62. The summed E-state index contributed by atoms with van der Waals surface area (Å²) in [6.45, 7) is 0. The van der Waals surface area contributed by atoms with E-state index in [4.69, 9.17) is 4.74 Å². The molecule has 2 aromatic heterocycles. The molecule has 19 heavy (non-hydrogen) atoms. The number of tetrazole rings is 1. The Bertz CT molecular complexity index is 728. The van der Waals surface area contributed by atoms with E-state index in [2.05, 4.69) is 41.9 Å². The number of hydrogen-bond donors (Lipinski definition) is 1. The topological polar surface area (TPSA) is 77.2 Å². The monoisotopic (exact) mass is 320 g/mol. The van der Waals surface area contributed by atoms with Gasteiger partial charge >= 0.3 is 0 Å². The quantitative estimate of drug-likeness (QED) is 0.795. The van der Waals surface area contributed by atoms with E-state index in [1.54, 1.807) is 19.2 Å². The molecule has 0 spiro atoms. The SMILES string of the molecule is COc1cc(Nc2ccc3nnnn3n2)ccc1Br. The van der Waals surface area contributed by atoms with Gasteiger partial charge in [0.1, 0.15) is 5.75 Å². The van der Waals surface area contributed by atoms with E-state index in [0.717, 1.165) is 15.9 Å². The van der Waals surface area contributed by atoms with Crippen molar-refractivity contribution in [2.45, 2.75) is 0 Å². The number of methoxy groups -OCH3 is 1. The van der Waals surface area contributed by atoms with Crippen molar-refractivity contribution >= 4 is 33.1 Å². The molecule has 3 aromatic rings. The highest BCUT2D eigenvalue weighted by Crippen LogP contribution is 2.28. The third kappa shape index (κ3) is 2.34. The molecule has 0 aliphatic rings. The van der Waals surface area contributed by atoms with Crippen molar-refractivity contribution in [3.05, 3.63) is 34.8 Å². The van der Waals surface area contributed by atoms with Crippen molar-refractivity contribution in [2.24, 2.45) is 0 Å². The number of hydrogen-bond acceptors (Lipinski definition) is 6. The maximum Gasteiger partial charge on any atom is 0.200 e. The van der Waals surface area contributed by atoms with E-state index >= 15 is 0 Å². The van der Waals surface area contributed by atoms with E-state index in [1.807, 2.05) is 18.2 Å². The largest absolute Gasteiger partial charge is 0.495 e.